The van der Waals surface area contributed by atoms with Crippen LogP contribution in [0, 0.1) is 5.92 Å². The number of aromatic nitrogens is 2. The van der Waals surface area contributed by atoms with E-state index in [1.165, 1.54) is 0 Å². The first kappa shape index (κ1) is 16.9. The van der Waals surface area contributed by atoms with Gasteiger partial charge in [-0.05, 0) is 19.3 Å². The summed E-state index contributed by atoms with van der Waals surface area (Å²) in [5.74, 6) is 2.30. The number of rotatable bonds is 5. The largest absolute Gasteiger partial charge is 0.343 e. The highest BCUT2D eigenvalue weighted by Gasteiger charge is 2.31. The molecule has 1 aliphatic rings. The van der Waals surface area contributed by atoms with E-state index >= 15 is 0 Å². The Labute approximate surface area is 132 Å². The van der Waals surface area contributed by atoms with Gasteiger partial charge < -0.3 is 14.7 Å². The third-order valence-electron chi connectivity index (χ3n) is 4.51. The van der Waals surface area contributed by atoms with Crippen LogP contribution in [-0.4, -0.2) is 40.1 Å². The molecule has 1 fully saturated rings. The third kappa shape index (κ3) is 3.85. The Kier molecular flexibility index (Phi) is 5.56. The highest BCUT2D eigenvalue weighted by Crippen LogP contribution is 2.23. The molecule has 124 valence electrons. The van der Waals surface area contributed by atoms with Gasteiger partial charge in [0.15, 0.2) is 5.82 Å². The van der Waals surface area contributed by atoms with Gasteiger partial charge in [-0.3, -0.25) is 4.79 Å². The molecule has 0 bridgehead atoms. The van der Waals surface area contributed by atoms with Gasteiger partial charge in [0.2, 0.25) is 11.8 Å². The van der Waals surface area contributed by atoms with Crippen molar-refractivity contribution in [3.8, 4) is 0 Å². The summed E-state index contributed by atoms with van der Waals surface area (Å²) in [6.45, 7) is 11.6. The van der Waals surface area contributed by atoms with Crippen molar-refractivity contribution in [3.05, 3.63) is 11.7 Å². The topological polar surface area (TPSA) is 71.3 Å². The van der Waals surface area contributed by atoms with Crippen LogP contribution in [0.3, 0.4) is 0 Å². The molecule has 6 heteroatoms. The average molecular weight is 308 g/mol. The van der Waals surface area contributed by atoms with Gasteiger partial charge >= 0.3 is 0 Å². The highest BCUT2D eigenvalue weighted by molar-refractivity contribution is 5.73. The molecule has 2 heterocycles. The maximum Gasteiger partial charge on any atom is 0.243 e. The van der Waals surface area contributed by atoms with Crippen LogP contribution < -0.4 is 5.32 Å². The molecular formula is C16H28N4O2. The summed E-state index contributed by atoms with van der Waals surface area (Å²) < 4.78 is 5.37. The maximum absolute atomic E-state index is 11.5. The monoisotopic (exact) mass is 308 g/mol. The van der Waals surface area contributed by atoms with Gasteiger partial charge in [-0.15, -0.1) is 0 Å². The maximum atomic E-state index is 11.5. The predicted octanol–water partition coefficient (Wildman–Crippen LogP) is 2.49. The number of nitrogens with one attached hydrogen (secondary N) is 1. The first-order chi connectivity index (χ1) is 10.4. The molecule has 2 rings (SSSR count). The van der Waals surface area contributed by atoms with E-state index in [2.05, 4.69) is 43.2 Å². The van der Waals surface area contributed by atoms with E-state index in [0.717, 1.165) is 31.8 Å². The first-order valence-electron chi connectivity index (χ1n) is 8.27. The van der Waals surface area contributed by atoms with Gasteiger partial charge in [0, 0.05) is 32.0 Å². The molecule has 6 nitrogen and oxygen atoms in total. The Morgan fingerprint density at radius 2 is 2.18 bits per heavy atom. The SMILES string of the molecule is CCC1CN(C(C)=O)CCC1NC(C)c1nc(C(C)C)no1. The summed E-state index contributed by atoms with van der Waals surface area (Å²) in [5, 5.41) is 7.64. The van der Waals surface area contributed by atoms with Crippen molar-refractivity contribution in [2.45, 2.75) is 65.5 Å². The summed E-state index contributed by atoms with van der Waals surface area (Å²) >= 11 is 0. The Morgan fingerprint density at radius 3 is 2.73 bits per heavy atom. The van der Waals surface area contributed by atoms with Gasteiger partial charge in [0.25, 0.3) is 0 Å². The first-order valence-corrected chi connectivity index (χ1v) is 8.27. The van der Waals surface area contributed by atoms with Gasteiger partial charge in [-0.1, -0.05) is 32.3 Å². The minimum absolute atomic E-state index is 0.0305. The molecule has 1 aromatic rings. The van der Waals surface area contributed by atoms with Gasteiger partial charge in [-0.2, -0.15) is 4.98 Å². The Morgan fingerprint density at radius 1 is 1.45 bits per heavy atom. The van der Waals surface area contributed by atoms with Crippen LogP contribution in [0.1, 0.15) is 71.1 Å². The van der Waals surface area contributed by atoms with Crippen LogP contribution in [-0.2, 0) is 4.79 Å². The fraction of sp³-hybridized carbons (Fsp3) is 0.812. The summed E-state index contributed by atoms with van der Waals surface area (Å²) in [5.41, 5.74) is 0. The number of nitrogens with zero attached hydrogens (tertiary/aromatic N) is 3. The van der Waals surface area contributed by atoms with Crippen molar-refractivity contribution >= 4 is 5.91 Å². The molecular weight excluding hydrogens is 280 g/mol. The molecule has 1 amide bonds. The second kappa shape index (κ2) is 7.22. The Hall–Kier alpha value is -1.43. The lowest BCUT2D eigenvalue weighted by Gasteiger charge is -2.39. The van der Waals surface area contributed by atoms with E-state index < -0.39 is 0 Å². The predicted molar refractivity (Wildman–Crippen MR) is 84.4 cm³/mol. The van der Waals surface area contributed by atoms with E-state index in [9.17, 15) is 4.79 Å². The zero-order chi connectivity index (χ0) is 16.3. The van der Waals surface area contributed by atoms with Crippen LogP contribution in [0.5, 0.6) is 0 Å². The molecule has 1 aromatic heterocycles. The van der Waals surface area contributed by atoms with E-state index in [-0.39, 0.29) is 17.9 Å². The third-order valence-corrected chi connectivity index (χ3v) is 4.51. The van der Waals surface area contributed by atoms with Crippen molar-refractivity contribution in [1.29, 1.82) is 0 Å². The number of piperidine rings is 1. The van der Waals surface area contributed by atoms with E-state index in [1.54, 1.807) is 6.92 Å². The molecule has 0 saturated carbocycles. The fourth-order valence-corrected chi connectivity index (χ4v) is 3.00. The standard InChI is InChI=1S/C16H28N4O2/c1-6-13-9-20(12(5)21)8-7-14(13)17-11(4)16-18-15(10(2)3)19-22-16/h10-11,13-14,17H,6-9H2,1-5H3. The molecule has 3 atom stereocenters. The lowest BCUT2D eigenvalue weighted by molar-refractivity contribution is -0.131. The minimum Gasteiger partial charge on any atom is -0.343 e. The van der Waals surface area contributed by atoms with Crippen LogP contribution in [0.2, 0.25) is 0 Å². The lowest BCUT2D eigenvalue weighted by Crippen LogP contribution is -2.50. The number of likely N-dealkylation sites (tertiary alicyclic amines) is 1. The number of hydrogen-bond donors (Lipinski definition) is 1. The normalized spacial score (nSPS) is 23.8. The van der Waals surface area contributed by atoms with Gasteiger partial charge in [-0.25, -0.2) is 0 Å². The van der Waals surface area contributed by atoms with Crippen molar-refractivity contribution < 1.29 is 9.32 Å². The summed E-state index contributed by atoms with van der Waals surface area (Å²) in [7, 11) is 0. The van der Waals surface area contributed by atoms with Crippen molar-refractivity contribution in [1.82, 2.24) is 20.4 Å². The highest BCUT2D eigenvalue weighted by atomic mass is 16.5. The summed E-state index contributed by atoms with van der Waals surface area (Å²) in [6.07, 6.45) is 2.02. The fourth-order valence-electron chi connectivity index (χ4n) is 3.00. The number of carbonyl (C=O) groups is 1. The number of carbonyl (C=O) groups excluding carboxylic acids is 1. The van der Waals surface area contributed by atoms with Gasteiger partial charge in [0.1, 0.15) is 0 Å². The molecule has 1 N–H and O–H groups in total. The van der Waals surface area contributed by atoms with E-state index in [0.29, 0.717) is 17.9 Å². The summed E-state index contributed by atoms with van der Waals surface area (Å²) in [4.78, 5) is 18.0. The Balaban J connectivity index is 1.97. The van der Waals surface area contributed by atoms with Gasteiger partial charge in [0.05, 0.1) is 6.04 Å². The second-order valence-corrected chi connectivity index (χ2v) is 6.56. The zero-order valence-corrected chi connectivity index (χ0v) is 14.3. The van der Waals surface area contributed by atoms with E-state index in [4.69, 9.17) is 4.52 Å². The number of hydrogen-bond acceptors (Lipinski definition) is 5. The quantitative estimate of drug-likeness (QED) is 0.905. The van der Waals surface area contributed by atoms with Crippen LogP contribution in [0.15, 0.2) is 4.52 Å². The summed E-state index contributed by atoms with van der Waals surface area (Å²) in [6, 6.07) is 0.410. The average Bonchev–Trinajstić information content (AvgIpc) is 2.97. The van der Waals surface area contributed by atoms with Crippen LogP contribution in [0.25, 0.3) is 0 Å². The molecule has 1 saturated heterocycles. The van der Waals surface area contributed by atoms with Crippen molar-refractivity contribution in [3.63, 3.8) is 0 Å². The molecule has 0 aliphatic carbocycles. The molecule has 22 heavy (non-hydrogen) atoms. The molecule has 3 unspecified atom stereocenters. The van der Waals surface area contributed by atoms with Crippen molar-refractivity contribution in [2.24, 2.45) is 5.92 Å². The van der Waals surface area contributed by atoms with Crippen LogP contribution >= 0.6 is 0 Å². The van der Waals surface area contributed by atoms with Crippen molar-refractivity contribution in [2.75, 3.05) is 13.1 Å². The second-order valence-electron chi connectivity index (χ2n) is 6.56. The smallest absolute Gasteiger partial charge is 0.243 e. The zero-order valence-electron chi connectivity index (χ0n) is 14.3. The van der Waals surface area contributed by atoms with E-state index in [1.807, 2.05) is 4.90 Å². The molecule has 0 radical (unpaired) electrons. The molecule has 0 spiro atoms. The Bertz CT molecular complexity index is 500. The molecule has 0 aromatic carbocycles. The number of amides is 1. The minimum atomic E-state index is 0.0305. The molecule has 1 aliphatic heterocycles. The van der Waals surface area contributed by atoms with Crippen LogP contribution in [0.4, 0.5) is 0 Å². The lowest BCUT2D eigenvalue weighted by atomic mass is 9.89.